The van der Waals surface area contributed by atoms with Crippen LogP contribution >= 0.6 is 11.3 Å². The molecule has 1 aliphatic heterocycles. The number of hydrogen-bond donors (Lipinski definition) is 3. The lowest BCUT2D eigenvalue weighted by Crippen LogP contribution is -2.44. The highest BCUT2D eigenvalue weighted by Gasteiger charge is 2.29. The zero-order valence-electron chi connectivity index (χ0n) is 10.8. The second kappa shape index (κ2) is 5.38. The molecule has 2 unspecified atom stereocenters. The molecule has 0 spiro atoms. The van der Waals surface area contributed by atoms with Crippen molar-refractivity contribution in [3.63, 3.8) is 0 Å². The van der Waals surface area contributed by atoms with E-state index in [9.17, 15) is 9.90 Å². The van der Waals surface area contributed by atoms with E-state index in [-0.39, 0.29) is 17.4 Å². The molecule has 18 heavy (non-hydrogen) atoms. The van der Waals surface area contributed by atoms with Gasteiger partial charge in [-0.2, -0.15) is 0 Å². The van der Waals surface area contributed by atoms with Crippen LogP contribution in [-0.2, 0) is 10.2 Å². The van der Waals surface area contributed by atoms with Gasteiger partial charge < -0.3 is 15.7 Å². The van der Waals surface area contributed by atoms with Gasteiger partial charge >= 0.3 is 0 Å². The fourth-order valence-electron chi connectivity index (χ4n) is 2.10. The summed E-state index contributed by atoms with van der Waals surface area (Å²) in [5, 5.41) is 17.4. The highest BCUT2D eigenvalue weighted by atomic mass is 32.1. The summed E-state index contributed by atoms with van der Waals surface area (Å²) in [6.45, 7) is 5.36. The molecule has 0 radical (unpaired) electrons. The third-order valence-electron chi connectivity index (χ3n) is 3.32. The minimum Gasteiger partial charge on any atom is -0.392 e. The van der Waals surface area contributed by atoms with Crippen LogP contribution in [0.5, 0.6) is 0 Å². The molecule has 0 aliphatic carbocycles. The first-order chi connectivity index (χ1) is 8.49. The van der Waals surface area contributed by atoms with Crippen molar-refractivity contribution in [3.8, 4) is 0 Å². The van der Waals surface area contributed by atoms with Crippen molar-refractivity contribution >= 4 is 17.2 Å². The van der Waals surface area contributed by atoms with Crippen molar-refractivity contribution in [3.05, 3.63) is 22.4 Å². The zero-order valence-corrected chi connectivity index (χ0v) is 11.6. The molecule has 0 aromatic carbocycles. The molecule has 0 saturated carbocycles. The van der Waals surface area contributed by atoms with Gasteiger partial charge in [0.1, 0.15) is 0 Å². The highest BCUT2D eigenvalue weighted by molar-refractivity contribution is 7.10. The van der Waals surface area contributed by atoms with Gasteiger partial charge in [0.15, 0.2) is 0 Å². The van der Waals surface area contributed by atoms with E-state index < -0.39 is 6.10 Å². The molecular weight excluding hydrogens is 248 g/mol. The monoisotopic (exact) mass is 268 g/mol. The summed E-state index contributed by atoms with van der Waals surface area (Å²) in [4.78, 5) is 13.2. The van der Waals surface area contributed by atoms with E-state index in [1.54, 1.807) is 11.3 Å². The van der Waals surface area contributed by atoms with Crippen molar-refractivity contribution in [1.29, 1.82) is 0 Å². The topological polar surface area (TPSA) is 61.4 Å². The molecule has 1 fully saturated rings. The van der Waals surface area contributed by atoms with Gasteiger partial charge in [0, 0.05) is 23.4 Å². The molecule has 2 heterocycles. The van der Waals surface area contributed by atoms with Gasteiger partial charge in [0.25, 0.3) is 0 Å². The van der Waals surface area contributed by atoms with Crippen LogP contribution in [0.15, 0.2) is 17.5 Å². The van der Waals surface area contributed by atoms with Crippen LogP contribution < -0.4 is 10.6 Å². The molecule has 5 heteroatoms. The van der Waals surface area contributed by atoms with Crippen LogP contribution in [0.3, 0.4) is 0 Å². The molecule has 100 valence electrons. The molecule has 1 amide bonds. The molecule has 1 aliphatic rings. The minimum atomic E-state index is -0.397. The Morgan fingerprint density at radius 3 is 3.00 bits per heavy atom. The van der Waals surface area contributed by atoms with Crippen molar-refractivity contribution in [2.24, 2.45) is 0 Å². The molecular formula is C13H20N2O2S. The molecule has 1 saturated heterocycles. The fraction of sp³-hybridized carbons (Fsp3) is 0.615. The number of nitrogens with one attached hydrogen (secondary N) is 2. The SMILES string of the molecule is CC(C)(CNC(=O)C1CC(O)CN1)c1cccs1. The van der Waals surface area contributed by atoms with Crippen LogP contribution in [0, 0.1) is 0 Å². The van der Waals surface area contributed by atoms with Crippen molar-refractivity contribution in [2.45, 2.75) is 37.8 Å². The quantitative estimate of drug-likeness (QED) is 0.759. The van der Waals surface area contributed by atoms with Gasteiger partial charge in [0.2, 0.25) is 5.91 Å². The number of thiophene rings is 1. The van der Waals surface area contributed by atoms with Gasteiger partial charge in [-0.1, -0.05) is 19.9 Å². The van der Waals surface area contributed by atoms with Crippen molar-refractivity contribution in [2.75, 3.05) is 13.1 Å². The molecule has 2 rings (SSSR count). The van der Waals surface area contributed by atoms with Crippen LogP contribution in [0.25, 0.3) is 0 Å². The maximum Gasteiger partial charge on any atom is 0.237 e. The lowest BCUT2D eigenvalue weighted by molar-refractivity contribution is -0.123. The van der Waals surface area contributed by atoms with E-state index in [0.29, 0.717) is 19.5 Å². The van der Waals surface area contributed by atoms with Gasteiger partial charge in [-0.3, -0.25) is 4.79 Å². The van der Waals surface area contributed by atoms with E-state index in [4.69, 9.17) is 0 Å². The van der Waals surface area contributed by atoms with E-state index >= 15 is 0 Å². The Morgan fingerprint density at radius 1 is 1.67 bits per heavy atom. The van der Waals surface area contributed by atoms with Crippen molar-refractivity contribution in [1.82, 2.24) is 10.6 Å². The number of carbonyl (C=O) groups is 1. The summed E-state index contributed by atoms with van der Waals surface area (Å²) in [5.41, 5.74) is -0.0545. The van der Waals surface area contributed by atoms with E-state index in [0.717, 1.165) is 0 Å². The minimum absolute atomic E-state index is 0.0174. The Labute approximate surface area is 111 Å². The first-order valence-electron chi connectivity index (χ1n) is 6.22. The molecule has 1 aromatic heterocycles. The number of aliphatic hydroxyl groups excluding tert-OH is 1. The van der Waals surface area contributed by atoms with Gasteiger partial charge in [-0.25, -0.2) is 0 Å². The number of hydrogen-bond acceptors (Lipinski definition) is 4. The Hall–Kier alpha value is -0.910. The average molecular weight is 268 g/mol. The van der Waals surface area contributed by atoms with Crippen molar-refractivity contribution < 1.29 is 9.90 Å². The predicted octanol–water partition coefficient (Wildman–Crippen LogP) is 0.865. The Bertz CT molecular complexity index is 403. The predicted molar refractivity (Wildman–Crippen MR) is 72.8 cm³/mol. The summed E-state index contributed by atoms with van der Waals surface area (Å²) in [6, 6.07) is 3.87. The summed E-state index contributed by atoms with van der Waals surface area (Å²) >= 11 is 1.71. The number of β-amino-alcohol motifs (C(OH)–C–C–N with tert-alkyl or cyclic N) is 1. The second-order valence-electron chi connectivity index (χ2n) is 5.43. The van der Waals surface area contributed by atoms with Crippen LogP contribution in [0.2, 0.25) is 0 Å². The van der Waals surface area contributed by atoms with Gasteiger partial charge in [-0.15, -0.1) is 11.3 Å². The van der Waals surface area contributed by atoms with E-state index in [1.807, 2.05) is 11.4 Å². The third kappa shape index (κ3) is 3.10. The first-order valence-corrected chi connectivity index (χ1v) is 7.10. The molecule has 4 nitrogen and oxygen atoms in total. The molecule has 0 bridgehead atoms. The van der Waals surface area contributed by atoms with Gasteiger partial charge in [-0.05, 0) is 17.9 Å². The maximum atomic E-state index is 11.9. The van der Waals surface area contributed by atoms with Crippen LogP contribution in [0.1, 0.15) is 25.1 Å². The Kier molecular flexibility index (Phi) is 4.04. The number of aliphatic hydroxyl groups is 1. The van der Waals surface area contributed by atoms with E-state index in [2.05, 4.69) is 30.5 Å². The summed E-state index contributed by atoms with van der Waals surface area (Å²) in [7, 11) is 0. The molecule has 2 atom stereocenters. The van der Waals surface area contributed by atoms with Gasteiger partial charge in [0.05, 0.1) is 12.1 Å². The average Bonchev–Trinajstić information content (AvgIpc) is 2.96. The summed E-state index contributed by atoms with van der Waals surface area (Å²) in [6.07, 6.45) is 0.108. The number of carbonyl (C=O) groups excluding carboxylic acids is 1. The molecule has 1 aromatic rings. The highest BCUT2D eigenvalue weighted by Crippen LogP contribution is 2.26. The standard InChI is InChI=1S/C13H20N2O2S/c1-13(2,11-4-3-5-18-11)8-15-12(17)10-6-9(16)7-14-10/h3-5,9-10,14,16H,6-8H2,1-2H3,(H,15,17). The first kappa shape index (κ1) is 13.5. The fourth-order valence-corrected chi connectivity index (χ4v) is 2.95. The lowest BCUT2D eigenvalue weighted by Gasteiger charge is -2.24. The summed E-state index contributed by atoms with van der Waals surface area (Å²) in [5.74, 6) is -0.0174. The van der Waals surface area contributed by atoms with Crippen LogP contribution in [-0.4, -0.2) is 36.2 Å². The second-order valence-corrected chi connectivity index (χ2v) is 6.38. The van der Waals surface area contributed by atoms with Crippen LogP contribution in [0.4, 0.5) is 0 Å². The molecule has 3 N–H and O–H groups in total. The number of amides is 1. The maximum absolute atomic E-state index is 11.9. The Balaban J connectivity index is 1.86. The summed E-state index contributed by atoms with van der Waals surface area (Å²) < 4.78 is 0. The number of rotatable bonds is 4. The zero-order chi connectivity index (χ0) is 13.2. The smallest absolute Gasteiger partial charge is 0.237 e. The largest absolute Gasteiger partial charge is 0.392 e. The Morgan fingerprint density at radius 2 is 2.44 bits per heavy atom. The lowest BCUT2D eigenvalue weighted by atomic mass is 9.91. The van der Waals surface area contributed by atoms with E-state index in [1.165, 1.54) is 4.88 Å². The third-order valence-corrected chi connectivity index (χ3v) is 4.55. The normalized spacial score (nSPS) is 24.2.